The van der Waals surface area contributed by atoms with Gasteiger partial charge < -0.3 is 4.42 Å². The van der Waals surface area contributed by atoms with E-state index in [2.05, 4.69) is 14.9 Å². The van der Waals surface area contributed by atoms with Crippen LogP contribution < -0.4 is 10.5 Å². The van der Waals surface area contributed by atoms with Crippen molar-refractivity contribution in [1.82, 2.24) is 14.9 Å². The number of aromatic nitrogens is 2. The number of halogens is 1. The van der Waals surface area contributed by atoms with Gasteiger partial charge in [0, 0.05) is 5.92 Å². The molecule has 28 heavy (non-hydrogen) atoms. The second-order valence-electron chi connectivity index (χ2n) is 6.56. The van der Waals surface area contributed by atoms with E-state index in [1.807, 2.05) is 6.92 Å². The fourth-order valence-corrected chi connectivity index (χ4v) is 4.40. The van der Waals surface area contributed by atoms with Crippen LogP contribution in [-0.4, -0.2) is 18.6 Å². The molecule has 7 nitrogen and oxygen atoms in total. The molecule has 0 saturated heterocycles. The van der Waals surface area contributed by atoms with Gasteiger partial charge in [0.25, 0.3) is 0 Å². The third-order valence-electron chi connectivity index (χ3n) is 4.74. The van der Waals surface area contributed by atoms with Gasteiger partial charge in [0.2, 0.25) is 15.9 Å². The standard InChI is InChI=1S/C19H20FN3O4S/c1-11-9-10-15(20)16(12(11)2)13(3)17(18-21-22-19(24)27-18)23-28(25,26)14-7-5-4-6-8-14/h4-10,13,17,23H,1-3H3,(H,22,24). The molecule has 2 aromatic carbocycles. The molecular weight excluding hydrogens is 385 g/mol. The predicted molar refractivity (Wildman–Crippen MR) is 101 cm³/mol. The van der Waals surface area contributed by atoms with Crippen LogP contribution in [0.5, 0.6) is 0 Å². The van der Waals surface area contributed by atoms with Gasteiger partial charge in [-0.1, -0.05) is 31.2 Å². The van der Waals surface area contributed by atoms with E-state index in [0.717, 1.165) is 5.56 Å². The monoisotopic (exact) mass is 405 g/mol. The molecule has 9 heteroatoms. The third-order valence-corrected chi connectivity index (χ3v) is 6.20. The molecule has 2 N–H and O–H groups in total. The Morgan fingerprint density at radius 1 is 1.14 bits per heavy atom. The summed E-state index contributed by atoms with van der Waals surface area (Å²) in [5.74, 6) is -2.17. The van der Waals surface area contributed by atoms with E-state index in [0.29, 0.717) is 11.1 Å². The van der Waals surface area contributed by atoms with Gasteiger partial charge in [-0.05, 0) is 48.7 Å². The number of aromatic amines is 1. The van der Waals surface area contributed by atoms with Crippen molar-refractivity contribution in [3.05, 3.63) is 81.4 Å². The van der Waals surface area contributed by atoms with Crippen molar-refractivity contribution in [2.24, 2.45) is 0 Å². The zero-order valence-electron chi connectivity index (χ0n) is 15.6. The molecule has 0 aliphatic rings. The van der Waals surface area contributed by atoms with Crippen LogP contribution in [0, 0.1) is 19.7 Å². The Morgan fingerprint density at radius 2 is 1.82 bits per heavy atom. The number of H-pyrrole nitrogens is 1. The summed E-state index contributed by atoms with van der Waals surface area (Å²) >= 11 is 0. The van der Waals surface area contributed by atoms with Crippen LogP contribution >= 0.6 is 0 Å². The largest absolute Gasteiger partial charge is 0.434 e. The van der Waals surface area contributed by atoms with Crippen LogP contribution in [0.4, 0.5) is 4.39 Å². The Labute approximate surface area is 161 Å². The molecule has 1 heterocycles. The molecule has 1 aromatic heterocycles. The lowest BCUT2D eigenvalue weighted by molar-refractivity contribution is 0.377. The highest BCUT2D eigenvalue weighted by molar-refractivity contribution is 7.89. The SMILES string of the molecule is Cc1ccc(F)c(C(C)C(NS(=O)(=O)c2ccccc2)c2n[nH]c(=O)o2)c1C. The molecule has 0 aliphatic carbocycles. The van der Waals surface area contributed by atoms with Gasteiger partial charge in [-0.3, -0.25) is 0 Å². The van der Waals surface area contributed by atoms with Crippen molar-refractivity contribution in [3.63, 3.8) is 0 Å². The smallest absolute Gasteiger partial charge is 0.391 e. The average Bonchev–Trinajstić information content (AvgIpc) is 3.10. The lowest BCUT2D eigenvalue weighted by atomic mass is 9.88. The van der Waals surface area contributed by atoms with E-state index in [1.54, 1.807) is 38.1 Å². The maximum Gasteiger partial charge on any atom is 0.434 e. The number of nitrogens with zero attached hydrogens (tertiary/aromatic N) is 1. The number of benzene rings is 2. The zero-order valence-corrected chi connectivity index (χ0v) is 16.4. The molecule has 3 rings (SSSR count). The molecule has 0 aliphatic heterocycles. The van der Waals surface area contributed by atoms with Gasteiger partial charge in [0.15, 0.2) is 0 Å². The molecule has 148 valence electrons. The van der Waals surface area contributed by atoms with E-state index in [4.69, 9.17) is 4.42 Å². The summed E-state index contributed by atoms with van der Waals surface area (Å²) in [5.41, 5.74) is 1.87. The molecule has 0 bridgehead atoms. The number of hydrogen-bond donors (Lipinski definition) is 2. The van der Waals surface area contributed by atoms with Crippen LogP contribution in [-0.2, 0) is 10.0 Å². The zero-order chi connectivity index (χ0) is 20.5. The topological polar surface area (TPSA) is 105 Å². The van der Waals surface area contributed by atoms with Crippen molar-refractivity contribution in [1.29, 1.82) is 0 Å². The predicted octanol–water partition coefficient (Wildman–Crippen LogP) is 2.94. The average molecular weight is 405 g/mol. The Balaban J connectivity index is 2.09. The third kappa shape index (κ3) is 3.90. The van der Waals surface area contributed by atoms with E-state index < -0.39 is 33.6 Å². The fraction of sp³-hybridized carbons (Fsp3) is 0.263. The minimum atomic E-state index is -3.98. The van der Waals surface area contributed by atoms with Crippen molar-refractivity contribution >= 4 is 10.0 Å². The van der Waals surface area contributed by atoms with Gasteiger partial charge in [0.1, 0.15) is 11.9 Å². The highest BCUT2D eigenvalue weighted by Gasteiger charge is 2.33. The molecule has 0 fully saturated rings. The summed E-state index contributed by atoms with van der Waals surface area (Å²) in [6, 6.07) is 9.62. The minimum absolute atomic E-state index is 0.0338. The van der Waals surface area contributed by atoms with E-state index in [-0.39, 0.29) is 10.8 Å². The second kappa shape index (κ2) is 7.69. The van der Waals surface area contributed by atoms with Crippen molar-refractivity contribution < 1.29 is 17.2 Å². The normalized spacial score (nSPS) is 14.0. The Kier molecular flexibility index (Phi) is 5.48. The molecule has 2 atom stereocenters. The quantitative estimate of drug-likeness (QED) is 0.656. The van der Waals surface area contributed by atoms with Gasteiger partial charge in [-0.2, -0.15) is 4.72 Å². The highest BCUT2D eigenvalue weighted by atomic mass is 32.2. The second-order valence-corrected chi connectivity index (χ2v) is 8.27. The van der Waals surface area contributed by atoms with Gasteiger partial charge in [-0.25, -0.2) is 22.7 Å². The summed E-state index contributed by atoms with van der Waals surface area (Å²) in [6.45, 7) is 5.24. The van der Waals surface area contributed by atoms with Gasteiger partial charge >= 0.3 is 5.76 Å². The van der Waals surface area contributed by atoms with E-state index >= 15 is 0 Å². The maximum absolute atomic E-state index is 14.6. The maximum atomic E-state index is 14.6. The fourth-order valence-electron chi connectivity index (χ4n) is 3.11. The van der Waals surface area contributed by atoms with Gasteiger partial charge in [0.05, 0.1) is 4.90 Å². The number of aryl methyl sites for hydroxylation is 1. The lowest BCUT2D eigenvalue weighted by Gasteiger charge is -2.25. The first kappa shape index (κ1) is 20.0. The number of nitrogens with one attached hydrogen (secondary N) is 2. The van der Waals surface area contributed by atoms with Crippen LogP contribution in [0.1, 0.15) is 41.5 Å². The molecule has 0 radical (unpaired) electrons. The number of hydrogen-bond acceptors (Lipinski definition) is 5. The summed E-state index contributed by atoms with van der Waals surface area (Å²) in [4.78, 5) is 11.5. The summed E-state index contributed by atoms with van der Waals surface area (Å²) in [6.07, 6.45) is 0. The van der Waals surface area contributed by atoms with Crippen molar-refractivity contribution in [3.8, 4) is 0 Å². The summed E-state index contributed by atoms with van der Waals surface area (Å²) < 4.78 is 47.8. The van der Waals surface area contributed by atoms with Crippen LogP contribution in [0.2, 0.25) is 0 Å². The first-order valence-electron chi connectivity index (χ1n) is 8.59. The van der Waals surface area contributed by atoms with Crippen molar-refractivity contribution in [2.75, 3.05) is 0 Å². The molecular formula is C19H20FN3O4S. The van der Waals surface area contributed by atoms with E-state index in [1.165, 1.54) is 18.2 Å². The molecule has 0 amide bonds. The first-order chi connectivity index (χ1) is 13.2. The molecule has 0 saturated carbocycles. The minimum Gasteiger partial charge on any atom is -0.391 e. The van der Waals surface area contributed by atoms with Gasteiger partial charge in [-0.15, -0.1) is 5.10 Å². The summed E-state index contributed by atoms with van der Waals surface area (Å²) in [5, 5.41) is 5.89. The highest BCUT2D eigenvalue weighted by Crippen LogP contribution is 2.35. The van der Waals surface area contributed by atoms with Crippen LogP contribution in [0.3, 0.4) is 0 Å². The Morgan fingerprint density at radius 3 is 2.43 bits per heavy atom. The molecule has 3 aromatic rings. The van der Waals surface area contributed by atoms with Crippen LogP contribution in [0.25, 0.3) is 0 Å². The first-order valence-corrected chi connectivity index (χ1v) is 10.1. The van der Waals surface area contributed by atoms with Crippen LogP contribution in [0.15, 0.2) is 56.6 Å². The summed E-state index contributed by atoms with van der Waals surface area (Å²) in [7, 11) is -3.98. The number of sulfonamides is 1. The van der Waals surface area contributed by atoms with E-state index in [9.17, 15) is 17.6 Å². The molecule has 0 spiro atoms. The number of rotatable bonds is 6. The Bertz CT molecular complexity index is 1140. The van der Waals surface area contributed by atoms with Crippen molar-refractivity contribution in [2.45, 2.75) is 37.6 Å². The lowest BCUT2D eigenvalue weighted by Crippen LogP contribution is -2.33. The Hall–Kier alpha value is -2.78. The molecule has 2 unspecified atom stereocenters.